The van der Waals surface area contributed by atoms with Crippen molar-refractivity contribution in [2.24, 2.45) is 11.7 Å². The number of likely N-dealkylation sites (tertiary alicyclic amines) is 1. The van der Waals surface area contributed by atoms with Crippen molar-refractivity contribution in [3.63, 3.8) is 0 Å². The molecule has 2 N–H and O–H groups in total. The first-order valence-corrected chi connectivity index (χ1v) is 6.60. The Balaban J connectivity index is 2.12. The van der Waals surface area contributed by atoms with Crippen LogP contribution in [-0.2, 0) is 0 Å². The fourth-order valence-corrected chi connectivity index (χ4v) is 2.49. The van der Waals surface area contributed by atoms with Gasteiger partial charge in [-0.05, 0) is 37.8 Å². The Morgan fingerprint density at radius 1 is 1.25 bits per heavy atom. The summed E-state index contributed by atoms with van der Waals surface area (Å²) in [5.74, 6) is -4.61. The molecule has 3 nitrogen and oxygen atoms in total. The van der Waals surface area contributed by atoms with Crippen molar-refractivity contribution >= 4 is 5.91 Å². The molecule has 1 saturated heterocycles. The van der Waals surface area contributed by atoms with Crippen molar-refractivity contribution in [1.29, 1.82) is 0 Å². The second kappa shape index (κ2) is 5.83. The zero-order chi connectivity index (χ0) is 14.9. The summed E-state index contributed by atoms with van der Waals surface area (Å²) in [7, 11) is 0. The maximum atomic E-state index is 13.6. The van der Waals surface area contributed by atoms with Gasteiger partial charge in [-0.3, -0.25) is 4.79 Å². The van der Waals surface area contributed by atoms with E-state index < -0.39 is 28.9 Å². The molecule has 2 rings (SSSR count). The van der Waals surface area contributed by atoms with Gasteiger partial charge in [0.15, 0.2) is 17.5 Å². The molecular formula is C14H17F3N2O. The highest BCUT2D eigenvalue weighted by Crippen LogP contribution is 2.23. The lowest BCUT2D eigenvalue weighted by Crippen LogP contribution is -2.42. The highest BCUT2D eigenvalue weighted by atomic mass is 19.2. The summed E-state index contributed by atoms with van der Waals surface area (Å²) in [5.41, 5.74) is 5.38. The zero-order valence-corrected chi connectivity index (χ0v) is 11.2. The standard InChI is InChI=1S/C14H17F3N2O/c1-8(18)9-4-6-19(7-5-9)14(20)10-2-3-11(15)13(17)12(10)16/h2-3,8-9H,4-7,18H2,1H3. The predicted octanol–water partition coefficient (Wildman–Crippen LogP) is 2.30. The quantitative estimate of drug-likeness (QED) is 0.848. The van der Waals surface area contributed by atoms with Gasteiger partial charge in [-0.1, -0.05) is 0 Å². The Morgan fingerprint density at radius 2 is 1.85 bits per heavy atom. The lowest BCUT2D eigenvalue weighted by atomic mass is 9.90. The molecule has 0 aliphatic carbocycles. The van der Waals surface area contributed by atoms with Gasteiger partial charge < -0.3 is 10.6 Å². The Kier molecular flexibility index (Phi) is 4.32. The lowest BCUT2D eigenvalue weighted by molar-refractivity contribution is 0.0675. The molecule has 6 heteroatoms. The van der Waals surface area contributed by atoms with E-state index in [1.807, 2.05) is 6.92 Å². The SMILES string of the molecule is CC(N)C1CCN(C(=O)c2ccc(F)c(F)c2F)CC1. The number of nitrogens with zero attached hydrogens (tertiary/aromatic N) is 1. The summed E-state index contributed by atoms with van der Waals surface area (Å²) in [6, 6.07) is 1.79. The molecule has 1 fully saturated rings. The zero-order valence-electron chi connectivity index (χ0n) is 11.2. The third-order valence-corrected chi connectivity index (χ3v) is 3.84. The first-order valence-electron chi connectivity index (χ1n) is 6.60. The molecule has 1 aromatic rings. The first-order chi connectivity index (χ1) is 9.41. The van der Waals surface area contributed by atoms with Crippen LogP contribution in [0.25, 0.3) is 0 Å². The lowest BCUT2D eigenvalue weighted by Gasteiger charge is -2.33. The summed E-state index contributed by atoms with van der Waals surface area (Å²) >= 11 is 0. The maximum Gasteiger partial charge on any atom is 0.256 e. The highest BCUT2D eigenvalue weighted by molar-refractivity contribution is 5.94. The average Bonchev–Trinajstić information content (AvgIpc) is 2.44. The first kappa shape index (κ1) is 14.8. The van der Waals surface area contributed by atoms with Crippen LogP contribution in [0.2, 0.25) is 0 Å². The van der Waals surface area contributed by atoms with Crippen LogP contribution in [-0.4, -0.2) is 29.9 Å². The normalized spacial score (nSPS) is 18.1. The topological polar surface area (TPSA) is 46.3 Å². The van der Waals surface area contributed by atoms with Gasteiger partial charge in [-0.15, -0.1) is 0 Å². The molecule has 1 heterocycles. The van der Waals surface area contributed by atoms with Crippen molar-refractivity contribution in [2.75, 3.05) is 13.1 Å². The molecule has 110 valence electrons. The Hall–Kier alpha value is -1.56. The van der Waals surface area contributed by atoms with Gasteiger partial charge in [-0.2, -0.15) is 0 Å². The third kappa shape index (κ3) is 2.80. The molecule has 1 aromatic carbocycles. The number of rotatable bonds is 2. The highest BCUT2D eigenvalue weighted by Gasteiger charge is 2.28. The summed E-state index contributed by atoms with van der Waals surface area (Å²) in [4.78, 5) is 13.6. The molecule has 1 aliphatic rings. The minimum atomic E-state index is -1.61. The van der Waals surface area contributed by atoms with Crippen LogP contribution in [0.5, 0.6) is 0 Å². The van der Waals surface area contributed by atoms with Crippen molar-refractivity contribution in [3.8, 4) is 0 Å². The van der Waals surface area contributed by atoms with Crippen molar-refractivity contribution < 1.29 is 18.0 Å². The molecule has 1 unspecified atom stereocenters. The van der Waals surface area contributed by atoms with Crippen LogP contribution in [0.3, 0.4) is 0 Å². The van der Waals surface area contributed by atoms with Gasteiger partial charge >= 0.3 is 0 Å². The van der Waals surface area contributed by atoms with Gasteiger partial charge in [-0.25, -0.2) is 13.2 Å². The molecular weight excluding hydrogens is 269 g/mol. The summed E-state index contributed by atoms with van der Waals surface area (Å²) in [5, 5.41) is 0. The van der Waals surface area contributed by atoms with E-state index in [1.165, 1.54) is 4.90 Å². The van der Waals surface area contributed by atoms with E-state index in [4.69, 9.17) is 5.73 Å². The van der Waals surface area contributed by atoms with Crippen molar-refractivity contribution in [3.05, 3.63) is 35.1 Å². The molecule has 20 heavy (non-hydrogen) atoms. The number of carbonyl (C=O) groups is 1. The largest absolute Gasteiger partial charge is 0.339 e. The van der Waals surface area contributed by atoms with E-state index in [-0.39, 0.29) is 6.04 Å². The van der Waals surface area contributed by atoms with Crippen LogP contribution >= 0.6 is 0 Å². The van der Waals surface area contributed by atoms with Crippen LogP contribution in [0.4, 0.5) is 13.2 Å². The van der Waals surface area contributed by atoms with Gasteiger partial charge in [0.05, 0.1) is 5.56 Å². The number of piperidine rings is 1. The minimum Gasteiger partial charge on any atom is -0.339 e. The van der Waals surface area contributed by atoms with Gasteiger partial charge in [0.2, 0.25) is 0 Å². The number of nitrogens with two attached hydrogens (primary N) is 1. The number of hydrogen-bond acceptors (Lipinski definition) is 2. The molecule has 0 bridgehead atoms. The molecule has 0 aromatic heterocycles. The summed E-state index contributed by atoms with van der Waals surface area (Å²) < 4.78 is 39.6. The van der Waals surface area contributed by atoms with E-state index in [0.29, 0.717) is 19.0 Å². The average molecular weight is 286 g/mol. The number of carbonyl (C=O) groups excluding carboxylic acids is 1. The summed E-state index contributed by atoms with van der Waals surface area (Å²) in [6.45, 7) is 2.81. The van der Waals surface area contributed by atoms with E-state index in [9.17, 15) is 18.0 Å². The smallest absolute Gasteiger partial charge is 0.256 e. The van der Waals surface area contributed by atoms with Crippen LogP contribution in [0.1, 0.15) is 30.1 Å². The molecule has 0 radical (unpaired) electrons. The Bertz CT molecular complexity index is 511. The number of benzene rings is 1. The van der Waals surface area contributed by atoms with E-state index in [1.54, 1.807) is 0 Å². The minimum absolute atomic E-state index is 0.0484. The van der Waals surface area contributed by atoms with Crippen molar-refractivity contribution in [1.82, 2.24) is 4.90 Å². The fraction of sp³-hybridized carbons (Fsp3) is 0.500. The Labute approximate surface area is 115 Å². The molecule has 1 amide bonds. The van der Waals surface area contributed by atoms with Gasteiger partial charge in [0.1, 0.15) is 0 Å². The second-order valence-corrected chi connectivity index (χ2v) is 5.21. The Morgan fingerprint density at radius 3 is 2.40 bits per heavy atom. The van der Waals surface area contributed by atoms with E-state index >= 15 is 0 Å². The monoisotopic (exact) mass is 286 g/mol. The molecule has 0 saturated carbocycles. The van der Waals surface area contributed by atoms with Crippen LogP contribution in [0, 0.1) is 23.4 Å². The van der Waals surface area contributed by atoms with Crippen LogP contribution < -0.4 is 5.73 Å². The second-order valence-electron chi connectivity index (χ2n) is 5.21. The van der Waals surface area contributed by atoms with E-state index in [2.05, 4.69) is 0 Å². The number of amides is 1. The van der Waals surface area contributed by atoms with Crippen LogP contribution in [0.15, 0.2) is 12.1 Å². The number of halogens is 3. The van der Waals surface area contributed by atoms with E-state index in [0.717, 1.165) is 25.0 Å². The number of hydrogen-bond donors (Lipinski definition) is 1. The molecule has 0 spiro atoms. The summed E-state index contributed by atoms with van der Waals surface area (Å²) in [6.07, 6.45) is 1.46. The molecule has 1 aliphatic heterocycles. The van der Waals surface area contributed by atoms with Gasteiger partial charge in [0.25, 0.3) is 5.91 Å². The maximum absolute atomic E-state index is 13.6. The fourth-order valence-electron chi connectivity index (χ4n) is 2.49. The predicted molar refractivity (Wildman–Crippen MR) is 68.6 cm³/mol. The van der Waals surface area contributed by atoms with Crippen molar-refractivity contribution in [2.45, 2.75) is 25.8 Å². The van der Waals surface area contributed by atoms with Gasteiger partial charge in [0, 0.05) is 19.1 Å². The third-order valence-electron chi connectivity index (χ3n) is 3.84. The molecule has 1 atom stereocenters.